The van der Waals surface area contributed by atoms with Gasteiger partial charge in [-0.1, -0.05) is 18.2 Å². The molecular formula is C29H38BF3N6O5. The van der Waals surface area contributed by atoms with Gasteiger partial charge in [0.25, 0.3) is 0 Å². The second-order valence-electron chi connectivity index (χ2n) is 11.8. The number of anilines is 1. The lowest BCUT2D eigenvalue weighted by atomic mass is 9.78. The van der Waals surface area contributed by atoms with Crippen LogP contribution in [0.4, 0.5) is 18.9 Å². The molecule has 0 saturated carbocycles. The van der Waals surface area contributed by atoms with Crippen LogP contribution in [0.25, 0.3) is 0 Å². The molecule has 9 N–H and O–H groups in total. The fourth-order valence-electron chi connectivity index (χ4n) is 5.62. The van der Waals surface area contributed by atoms with E-state index in [-0.39, 0.29) is 43.8 Å². The summed E-state index contributed by atoms with van der Waals surface area (Å²) in [7, 11) is -1.20. The number of hydrogen-bond acceptors (Lipinski definition) is 8. The average molecular weight is 618 g/mol. The molecule has 1 fully saturated rings. The van der Waals surface area contributed by atoms with Crippen molar-refractivity contribution >= 4 is 36.0 Å². The van der Waals surface area contributed by atoms with Crippen LogP contribution in [-0.4, -0.2) is 72.0 Å². The highest BCUT2D eigenvalue weighted by molar-refractivity contribution is 6.62. The zero-order valence-corrected chi connectivity index (χ0v) is 24.6. The first-order valence-electron chi connectivity index (χ1n) is 14.4. The third-order valence-electron chi connectivity index (χ3n) is 8.04. The molecule has 2 aromatic carbocycles. The van der Waals surface area contributed by atoms with Crippen molar-refractivity contribution in [2.75, 3.05) is 18.4 Å². The normalized spacial score (nSPS) is 20.7. The van der Waals surface area contributed by atoms with E-state index in [0.29, 0.717) is 29.7 Å². The lowest BCUT2D eigenvalue weighted by Crippen LogP contribution is -2.51. The van der Waals surface area contributed by atoms with E-state index in [9.17, 15) is 32.6 Å². The molecular weight excluding hydrogens is 580 g/mol. The fourth-order valence-corrected chi connectivity index (χ4v) is 5.62. The molecule has 2 aromatic rings. The number of nitrogens with one attached hydrogen (secondary N) is 2. The third kappa shape index (κ3) is 7.77. The number of amides is 3. The van der Waals surface area contributed by atoms with Gasteiger partial charge in [0.2, 0.25) is 17.7 Å². The average Bonchev–Trinajstić information content (AvgIpc) is 3.45. The predicted octanol–water partition coefficient (Wildman–Crippen LogP) is 0.319. The maximum Gasteiger partial charge on any atom is 0.492 e. The Morgan fingerprint density at radius 1 is 1.16 bits per heavy atom. The van der Waals surface area contributed by atoms with Crippen molar-refractivity contribution in [2.45, 2.75) is 75.5 Å². The van der Waals surface area contributed by atoms with E-state index in [0.717, 1.165) is 17.7 Å². The van der Waals surface area contributed by atoms with Gasteiger partial charge < -0.3 is 42.4 Å². The molecule has 0 aromatic heterocycles. The monoisotopic (exact) mass is 618 g/mol. The number of nitrogens with two attached hydrogens (primary N) is 3. The van der Waals surface area contributed by atoms with Gasteiger partial charge in [0, 0.05) is 43.7 Å². The van der Waals surface area contributed by atoms with Gasteiger partial charge in [-0.15, -0.1) is 0 Å². The minimum absolute atomic E-state index is 0.0131. The Hall–Kier alpha value is -3.50. The van der Waals surface area contributed by atoms with Crippen LogP contribution in [0.2, 0.25) is 0 Å². The predicted molar refractivity (Wildman–Crippen MR) is 158 cm³/mol. The van der Waals surface area contributed by atoms with Crippen molar-refractivity contribution in [1.82, 2.24) is 10.2 Å². The molecule has 2 aliphatic heterocycles. The van der Waals surface area contributed by atoms with E-state index < -0.39 is 48.4 Å². The van der Waals surface area contributed by atoms with Gasteiger partial charge in [-0.25, -0.2) is 0 Å². The number of nitrogens with zero attached hydrogens (tertiary/aromatic N) is 1. The van der Waals surface area contributed by atoms with Crippen LogP contribution in [0.5, 0.6) is 0 Å². The Balaban J connectivity index is 1.46. The molecule has 0 unspecified atom stereocenters. The van der Waals surface area contributed by atoms with Gasteiger partial charge in [-0.05, 0) is 67.5 Å². The third-order valence-corrected chi connectivity index (χ3v) is 8.04. The Morgan fingerprint density at radius 2 is 1.84 bits per heavy atom. The summed E-state index contributed by atoms with van der Waals surface area (Å²) >= 11 is 0. The Labute approximate surface area is 253 Å². The minimum Gasteiger partial charge on any atom is -0.423 e. The molecule has 44 heavy (non-hydrogen) atoms. The maximum absolute atomic E-state index is 13.4. The second kappa shape index (κ2) is 13.2. The highest BCUT2D eigenvalue weighted by Gasteiger charge is 2.41. The van der Waals surface area contributed by atoms with Crippen molar-refractivity contribution in [3.8, 4) is 0 Å². The summed E-state index contributed by atoms with van der Waals surface area (Å²) < 4.78 is 44.8. The number of carbonyl (C=O) groups excluding carboxylic acids is 3. The molecule has 11 nitrogen and oxygen atoms in total. The van der Waals surface area contributed by atoms with Gasteiger partial charge in [0.1, 0.15) is 6.04 Å². The number of halogens is 3. The van der Waals surface area contributed by atoms with Crippen molar-refractivity contribution in [1.29, 1.82) is 0 Å². The Bertz CT molecular complexity index is 1380. The van der Waals surface area contributed by atoms with E-state index in [2.05, 4.69) is 10.6 Å². The maximum atomic E-state index is 13.4. The first-order valence-corrected chi connectivity index (χ1v) is 14.4. The van der Waals surface area contributed by atoms with Crippen molar-refractivity contribution < 1.29 is 37.2 Å². The van der Waals surface area contributed by atoms with Gasteiger partial charge in [0.15, 0.2) is 0 Å². The number of hydrogen-bond donors (Lipinski definition) is 6. The van der Waals surface area contributed by atoms with Crippen molar-refractivity contribution in [3.05, 3.63) is 59.2 Å². The molecule has 15 heteroatoms. The second-order valence-corrected chi connectivity index (χ2v) is 11.8. The van der Waals surface area contributed by atoms with E-state index in [1.165, 1.54) is 12.1 Å². The number of benzene rings is 2. The Kier molecular flexibility index (Phi) is 10.1. The topological polar surface area (TPSA) is 186 Å². The molecule has 4 rings (SSSR count). The molecule has 0 aliphatic carbocycles. The number of fused-ring (bicyclic) bond motifs is 1. The number of carbonyl (C=O) groups is 3. The van der Waals surface area contributed by atoms with Crippen LogP contribution in [0.15, 0.2) is 42.5 Å². The zero-order chi connectivity index (χ0) is 32.4. The van der Waals surface area contributed by atoms with Gasteiger partial charge in [-0.3, -0.25) is 14.4 Å². The summed E-state index contributed by atoms with van der Waals surface area (Å²) in [6.45, 7) is 4.22. The highest BCUT2D eigenvalue weighted by Crippen LogP contribution is 2.31. The molecule has 238 valence electrons. The number of likely N-dealkylation sites (tertiary alicyclic amines) is 1. The number of alkyl halides is 3. The van der Waals surface area contributed by atoms with Crippen LogP contribution in [0.1, 0.15) is 49.8 Å². The summed E-state index contributed by atoms with van der Waals surface area (Å²) in [5.41, 5.74) is 18.1. The van der Waals surface area contributed by atoms with Crippen molar-refractivity contribution in [2.24, 2.45) is 17.2 Å². The fraction of sp³-hybridized carbons (Fsp3) is 0.483. The lowest BCUT2D eigenvalue weighted by Gasteiger charge is -2.24. The van der Waals surface area contributed by atoms with E-state index in [1.807, 2.05) is 0 Å². The molecule has 0 bridgehead atoms. The first kappa shape index (κ1) is 33.4. The van der Waals surface area contributed by atoms with E-state index >= 15 is 0 Å². The van der Waals surface area contributed by atoms with Crippen LogP contribution >= 0.6 is 0 Å². The smallest absolute Gasteiger partial charge is 0.423 e. The van der Waals surface area contributed by atoms with Crippen LogP contribution in [0.3, 0.4) is 0 Å². The summed E-state index contributed by atoms with van der Waals surface area (Å²) in [6, 6.07) is 6.39. The quantitative estimate of drug-likeness (QED) is 0.206. The summed E-state index contributed by atoms with van der Waals surface area (Å²) in [4.78, 5) is 40.9. The summed E-state index contributed by atoms with van der Waals surface area (Å²) in [5, 5.41) is 15.6. The molecule has 4 atom stereocenters. The largest absolute Gasteiger partial charge is 0.492 e. The van der Waals surface area contributed by atoms with Crippen LogP contribution in [-0.2, 0) is 37.2 Å². The first-order chi connectivity index (χ1) is 20.6. The van der Waals surface area contributed by atoms with Crippen LogP contribution in [0, 0.1) is 0 Å². The molecule has 0 radical (unpaired) electrons. The van der Waals surface area contributed by atoms with E-state index in [1.54, 1.807) is 36.9 Å². The summed E-state index contributed by atoms with van der Waals surface area (Å²) in [6.07, 6.45) is -4.14. The van der Waals surface area contributed by atoms with Gasteiger partial charge in [0.05, 0.1) is 17.2 Å². The summed E-state index contributed by atoms with van der Waals surface area (Å²) in [5.74, 6) is -1.61. The van der Waals surface area contributed by atoms with Crippen molar-refractivity contribution in [3.63, 3.8) is 0 Å². The van der Waals surface area contributed by atoms with E-state index in [4.69, 9.17) is 21.9 Å². The van der Waals surface area contributed by atoms with Crippen LogP contribution < -0.4 is 33.3 Å². The molecule has 2 heterocycles. The van der Waals surface area contributed by atoms with Gasteiger partial charge in [-0.2, -0.15) is 13.2 Å². The minimum atomic E-state index is -4.53. The number of rotatable bonds is 10. The SMILES string of the molecule is CC1(C)OB(O)c2cc(NC(=O)[C@@H](Cc3ccc(C(F)(F)F)cc3)NC(=O)[C@@H](N)CCC(=O)N3C[C@@H](N)C[C@H]3CN)ccc21. The molecule has 1 saturated heterocycles. The zero-order valence-electron chi connectivity index (χ0n) is 24.6. The molecule has 0 spiro atoms. The molecule has 3 amide bonds. The molecule has 2 aliphatic rings. The highest BCUT2D eigenvalue weighted by atomic mass is 19.4. The Morgan fingerprint density at radius 3 is 2.48 bits per heavy atom. The lowest BCUT2D eigenvalue weighted by molar-refractivity contribution is -0.137. The standard InChI is InChI=1S/C29H38BF3N6O5/c1-28(2)21-8-7-19(13-22(21)30(43)44-28)37-27(42)24(11-16-3-5-17(6-4-16)29(31,32)33)38-26(41)23(36)9-10-25(40)39-15-18(35)12-20(39)14-34/h3-8,13,18,20,23-24,43H,9-12,14-15,34-36H2,1-2H3,(H,37,42)(H,38,41)/t18-,20-,23-,24+/m0/s1. The van der Waals surface area contributed by atoms with Gasteiger partial charge >= 0.3 is 13.3 Å².